The first-order chi connectivity index (χ1) is 8.68. The number of hydrogen-bond donors (Lipinski definition) is 1. The molecule has 18 heavy (non-hydrogen) atoms. The van der Waals surface area contributed by atoms with Gasteiger partial charge in [-0.1, -0.05) is 37.0 Å². The van der Waals surface area contributed by atoms with Crippen molar-refractivity contribution in [1.82, 2.24) is 4.90 Å². The lowest BCUT2D eigenvalue weighted by Gasteiger charge is -2.20. The van der Waals surface area contributed by atoms with Crippen LogP contribution in [0.2, 0.25) is 0 Å². The fourth-order valence-corrected chi connectivity index (χ4v) is 2.37. The van der Waals surface area contributed by atoms with Crippen LogP contribution in [-0.2, 0) is 4.79 Å². The van der Waals surface area contributed by atoms with Crippen molar-refractivity contribution in [3.8, 4) is 11.8 Å². The molecule has 1 aromatic carbocycles. The SMILES string of the molecule is CC1CCN(CC#Cc2ccccc2)C1C(=O)O. The predicted octanol–water partition coefficient (Wildman–Crippen LogP) is 1.83. The zero-order valence-corrected chi connectivity index (χ0v) is 10.5. The van der Waals surface area contributed by atoms with E-state index in [4.69, 9.17) is 0 Å². The molecule has 1 heterocycles. The average Bonchev–Trinajstić information content (AvgIpc) is 2.72. The van der Waals surface area contributed by atoms with Crippen molar-refractivity contribution < 1.29 is 9.90 Å². The maximum absolute atomic E-state index is 11.2. The lowest BCUT2D eigenvalue weighted by atomic mass is 10.0. The third-order valence-corrected chi connectivity index (χ3v) is 3.35. The number of likely N-dealkylation sites (tertiary alicyclic amines) is 1. The van der Waals surface area contributed by atoms with Gasteiger partial charge in [-0.2, -0.15) is 0 Å². The molecule has 3 heteroatoms. The zero-order valence-electron chi connectivity index (χ0n) is 10.5. The summed E-state index contributed by atoms with van der Waals surface area (Å²) in [7, 11) is 0. The Morgan fingerprint density at radius 3 is 2.83 bits per heavy atom. The first-order valence-electron chi connectivity index (χ1n) is 6.19. The molecule has 1 saturated heterocycles. The first kappa shape index (κ1) is 12.7. The third kappa shape index (κ3) is 2.91. The normalized spacial score (nSPS) is 23.4. The Hall–Kier alpha value is -1.79. The number of carboxylic acid groups (broad SMARTS) is 1. The number of aliphatic carboxylic acids is 1. The van der Waals surface area contributed by atoms with Crippen molar-refractivity contribution >= 4 is 5.97 Å². The summed E-state index contributed by atoms with van der Waals surface area (Å²) in [6.45, 7) is 3.33. The Morgan fingerprint density at radius 1 is 1.44 bits per heavy atom. The minimum atomic E-state index is -0.735. The molecule has 0 amide bonds. The Labute approximate surface area is 107 Å². The molecule has 0 bridgehead atoms. The molecule has 2 unspecified atom stereocenters. The van der Waals surface area contributed by atoms with Crippen LogP contribution in [0.1, 0.15) is 18.9 Å². The van der Waals surface area contributed by atoms with Crippen LogP contribution in [0.5, 0.6) is 0 Å². The fourth-order valence-electron chi connectivity index (χ4n) is 2.37. The van der Waals surface area contributed by atoms with Gasteiger partial charge in [0.25, 0.3) is 0 Å². The van der Waals surface area contributed by atoms with Crippen LogP contribution in [0.3, 0.4) is 0 Å². The van der Waals surface area contributed by atoms with Crippen LogP contribution in [0.25, 0.3) is 0 Å². The predicted molar refractivity (Wildman–Crippen MR) is 70.1 cm³/mol. The average molecular weight is 243 g/mol. The molecule has 3 nitrogen and oxygen atoms in total. The Kier molecular flexibility index (Phi) is 4.01. The summed E-state index contributed by atoms with van der Waals surface area (Å²) in [4.78, 5) is 13.1. The van der Waals surface area contributed by atoms with Crippen LogP contribution >= 0.6 is 0 Å². The summed E-state index contributed by atoms with van der Waals surface area (Å²) in [6, 6.07) is 9.37. The van der Waals surface area contributed by atoms with E-state index in [-0.39, 0.29) is 12.0 Å². The van der Waals surface area contributed by atoms with Crippen molar-refractivity contribution in [2.24, 2.45) is 5.92 Å². The second-order valence-corrected chi connectivity index (χ2v) is 4.69. The molecule has 2 rings (SSSR count). The highest BCUT2D eigenvalue weighted by molar-refractivity contribution is 5.74. The number of carboxylic acids is 1. The van der Waals surface area contributed by atoms with Gasteiger partial charge in [0.15, 0.2) is 0 Å². The van der Waals surface area contributed by atoms with Crippen molar-refractivity contribution in [2.45, 2.75) is 19.4 Å². The highest BCUT2D eigenvalue weighted by atomic mass is 16.4. The highest BCUT2D eigenvalue weighted by Crippen LogP contribution is 2.23. The summed E-state index contributed by atoms with van der Waals surface area (Å²) in [5, 5.41) is 9.18. The monoisotopic (exact) mass is 243 g/mol. The molecule has 1 aliphatic heterocycles. The van der Waals surface area contributed by atoms with Gasteiger partial charge in [0.1, 0.15) is 6.04 Å². The standard InChI is InChI=1S/C15H17NO2/c1-12-9-11-16(14(12)15(17)18)10-5-8-13-6-3-2-4-7-13/h2-4,6-7,12,14H,9-11H2,1H3,(H,17,18). The maximum atomic E-state index is 11.2. The molecule has 1 N–H and O–H groups in total. The van der Waals surface area contributed by atoms with Gasteiger partial charge >= 0.3 is 5.97 Å². The van der Waals surface area contributed by atoms with Gasteiger partial charge in [-0.05, 0) is 24.5 Å². The molecular formula is C15H17NO2. The molecule has 1 aromatic rings. The van der Waals surface area contributed by atoms with E-state index in [2.05, 4.69) is 11.8 Å². The molecule has 0 spiro atoms. The van der Waals surface area contributed by atoms with Gasteiger partial charge < -0.3 is 5.11 Å². The molecule has 2 atom stereocenters. The van der Waals surface area contributed by atoms with E-state index < -0.39 is 5.97 Å². The van der Waals surface area contributed by atoms with E-state index in [1.165, 1.54) is 0 Å². The Bertz CT molecular complexity index is 472. The zero-order chi connectivity index (χ0) is 13.0. The van der Waals surface area contributed by atoms with Gasteiger partial charge in [0, 0.05) is 12.1 Å². The van der Waals surface area contributed by atoms with Crippen molar-refractivity contribution in [3.05, 3.63) is 35.9 Å². The Balaban J connectivity index is 1.99. The minimum absolute atomic E-state index is 0.209. The largest absolute Gasteiger partial charge is 0.480 e. The first-order valence-corrected chi connectivity index (χ1v) is 6.19. The summed E-state index contributed by atoms with van der Waals surface area (Å²) in [6.07, 6.45) is 0.935. The summed E-state index contributed by atoms with van der Waals surface area (Å²) in [5.74, 6) is 5.60. The van der Waals surface area contributed by atoms with E-state index in [1.54, 1.807) is 0 Å². The summed E-state index contributed by atoms with van der Waals surface area (Å²) >= 11 is 0. The topological polar surface area (TPSA) is 40.5 Å². The van der Waals surface area contributed by atoms with Crippen LogP contribution in [0.4, 0.5) is 0 Å². The van der Waals surface area contributed by atoms with E-state index in [0.717, 1.165) is 18.5 Å². The third-order valence-electron chi connectivity index (χ3n) is 3.35. The van der Waals surface area contributed by atoms with E-state index in [1.807, 2.05) is 42.2 Å². The number of hydrogen-bond acceptors (Lipinski definition) is 2. The second-order valence-electron chi connectivity index (χ2n) is 4.69. The lowest BCUT2D eigenvalue weighted by Crippen LogP contribution is -2.39. The maximum Gasteiger partial charge on any atom is 0.321 e. The molecule has 0 aliphatic carbocycles. The van der Waals surface area contributed by atoms with Crippen LogP contribution in [0, 0.1) is 17.8 Å². The molecule has 0 aromatic heterocycles. The van der Waals surface area contributed by atoms with E-state index >= 15 is 0 Å². The number of nitrogens with zero attached hydrogens (tertiary/aromatic N) is 1. The van der Waals surface area contributed by atoms with Crippen molar-refractivity contribution in [2.75, 3.05) is 13.1 Å². The second kappa shape index (κ2) is 5.70. The molecule has 94 valence electrons. The Morgan fingerprint density at radius 2 is 2.17 bits per heavy atom. The van der Waals surface area contributed by atoms with Crippen molar-refractivity contribution in [3.63, 3.8) is 0 Å². The molecule has 0 saturated carbocycles. The van der Waals surface area contributed by atoms with Gasteiger partial charge in [-0.25, -0.2) is 0 Å². The van der Waals surface area contributed by atoms with Crippen LogP contribution < -0.4 is 0 Å². The van der Waals surface area contributed by atoms with Crippen molar-refractivity contribution in [1.29, 1.82) is 0 Å². The van der Waals surface area contributed by atoms with E-state index in [9.17, 15) is 9.90 Å². The quantitative estimate of drug-likeness (QED) is 0.806. The number of carbonyl (C=O) groups is 1. The minimum Gasteiger partial charge on any atom is -0.480 e. The smallest absolute Gasteiger partial charge is 0.321 e. The van der Waals surface area contributed by atoms with Gasteiger partial charge in [0.2, 0.25) is 0 Å². The number of benzene rings is 1. The fraction of sp³-hybridized carbons (Fsp3) is 0.400. The van der Waals surface area contributed by atoms with Crippen LogP contribution in [0.15, 0.2) is 30.3 Å². The number of rotatable bonds is 2. The molecule has 0 radical (unpaired) electrons. The lowest BCUT2D eigenvalue weighted by molar-refractivity contribution is -0.143. The highest BCUT2D eigenvalue weighted by Gasteiger charge is 2.35. The summed E-state index contributed by atoms with van der Waals surface area (Å²) < 4.78 is 0. The molecule has 1 aliphatic rings. The summed E-state index contributed by atoms with van der Waals surface area (Å²) in [5.41, 5.74) is 0.969. The van der Waals surface area contributed by atoms with Crippen LogP contribution in [-0.4, -0.2) is 35.1 Å². The van der Waals surface area contributed by atoms with E-state index in [0.29, 0.717) is 6.54 Å². The van der Waals surface area contributed by atoms with Gasteiger partial charge in [0.05, 0.1) is 6.54 Å². The molecular weight excluding hydrogens is 226 g/mol. The van der Waals surface area contributed by atoms with Gasteiger partial charge in [-0.15, -0.1) is 0 Å². The van der Waals surface area contributed by atoms with Gasteiger partial charge in [-0.3, -0.25) is 9.69 Å². The molecule has 1 fully saturated rings.